The molecule has 4 nitrogen and oxygen atoms in total. The van der Waals surface area contributed by atoms with Gasteiger partial charge in [-0.15, -0.1) is 0 Å². The molecule has 0 unspecified atom stereocenters. The number of nitrogens with zero attached hydrogens (tertiary/aromatic N) is 1. The second-order valence-corrected chi connectivity index (χ2v) is 9.81. The van der Waals surface area contributed by atoms with E-state index in [0.717, 1.165) is 43.0 Å². The van der Waals surface area contributed by atoms with E-state index in [1.54, 1.807) is 6.07 Å². The molecular formula is C24H29F3N2O2S. The lowest BCUT2D eigenvalue weighted by Crippen LogP contribution is -2.47. The molecule has 8 heteroatoms. The summed E-state index contributed by atoms with van der Waals surface area (Å²) >= 11 is 1.54. The molecule has 3 rings (SSSR count). The lowest BCUT2D eigenvalue weighted by atomic mass is 9.86. The van der Waals surface area contributed by atoms with Gasteiger partial charge in [0.15, 0.2) is 11.6 Å². The number of hydrogen-bond donors (Lipinski definition) is 1. The van der Waals surface area contributed by atoms with Crippen molar-refractivity contribution in [2.75, 3.05) is 19.7 Å². The largest absolute Gasteiger partial charge is 0.491 e. The van der Waals surface area contributed by atoms with Gasteiger partial charge in [-0.2, -0.15) is 0 Å². The summed E-state index contributed by atoms with van der Waals surface area (Å²) in [5.74, 6) is -1.62. The topological polar surface area (TPSA) is 41.6 Å². The Bertz CT molecular complexity index is 918. The highest BCUT2D eigenvalue weighted by molar-refractivity contribution is 7.97. The van der Waals surface area contributed by atoms with Crippen LogP contribution in [0.15, 0.2) is 47.4 Å². The van der Waals surface area contributed by atoms with Crippen LogP contribution in [0.4, 0.5) is 13.2 Å². The Balaban J connectivity index is 1.38. The van der Waals surface area contributed by atoms with Gasteiger partial charge in [-0.05, 0) is 68.0 Å². The maximum absolute atomic E-state index is 13.6. The Kier molecular flexibility index (Phi) is 8.48. The second-order valence-electron chi connectivity index (χ2n) is 8.64. The SMILES string of the molecule is CC(C)(CCCOc1ccc(F)cc1F)C(=O)NC1CCN(Sc2cccc(F)c2)CC1. The van der Waals surface area contributed by atoms with E-state index in [0.29, 0.717) is 12.8 Å². The van der Waals surface area contributed by atoms with Crippen LogP contribution >= 0.6 is 11.9 Å². The highest BCUT2D eigenvalue weighted by Crippen LogP contribution is 2.28. The fourth-order valence-electron chi connectivity index (χ4n) is 3.55. The summed E-state index contributed by atoms with van der Waals surface area (Å²) < 4.78 is 47.5. The van der Waals surface area contributed by atoms with E-state index >= 15 is 0 Å². The Morgan fingerprint density at radius 3 is 2.53 bits per heavy atom. The van der Waals surface area contributed by atoms with Crippen LogP contribution in [-0.4, -0.2) is 36.0 Å². The molecule has 0 aliphatic carbocycles. The van der Waals surface area contributed by atoms with Crippen LogP contribution in [-0.2, 0) is 4.79 Å². The van der Waals surface area contributed by atoms with Crippen LogP contribution in [0.5, 0.6) is 5.75 Å². The van der Waals surface area contributed by atoms with Gasteiger partial charge in [0.2, 0.25) is 5.91 Å². The van der Waals surface area contributed by atoms with Crippen molar-refractivity contribution in [1.82, 2.24) is 9.62 Å². The van der Waals surface area contributed by atoms with Gasteiger partial charge in [0.25, 0.3) is 0 Å². The van der Waals surface area contributed by atoms with Gasteiger partial charge in [-0.3, -0.25) is 4.79 Å². The first-order valence-electron chi connectivity index (χ1n) is 10.8. The smallest absolute Gasteiger partial charge is 0.225 e. The minimum Gasteiger partial charge on any atom is -0.491 e. The molecule has 32 heavy (non-hydrogen) atoms. The van der Waals surface area contributed by atoms with Crippen molar-refractivity contribution >= 4 is 17.9 Å². The van der Waals surface area contributed by atoms with Crippen molar-refractivity contribution in [3.63, 3.8) is 0 Å². The van der Waals surface area contributed by atoms with E-state index in [9.17, 15) is 18.0 Å². The van der Waals surface area contributed by atoms with Crippen LogP contribution in [0, 0.1) is 22.9 Å². The molecule has 0 saturated carbocycles. The molecule has 0 aromatic heterocycles. The van der Waals surface area contributed by atoms with Gasteiger partial charge in [0, 0.05) is 35.5 Å². The maximum Gasteiger partial charge on any atom is 0.225 e. The number of rotatable bonds is 9. The van der Waals surface area contributed by atoms with Crippen molar-refractivity contribution in [1.29, 1.82) is 0 Å². The molecule has 2 aromatic rings. The van der Waals surface area contributed by atoms with Gasteiger partial charge in [0.1, 0.15) is 11.6 Å². The number of amides is 1. The molecule has 174 valence electrons. The number of carbonyl (C=O) groups is 1. The van der Waals surface area contributed by atoms with Gasteiger partial charge < -0.3 is 10.1 Å². The van der Waals surface area contributed by atoms with E-state index in [2.05, 4.69) is 9.62 Å². The summed E-state index contributed by atoms with van der Waals surface area (Å²) in [7, 11) is 0. The van der Waals surface area contributed by atoms with Gasteiger partial charge in [0.05, 0.1) is 6.61 Å². The monoisotopic (exact) mass is 466 g/mol. The molecule has 1 N–H and O–H groups in total. The van der Waals surface area contributed by atoms with E-state index in [-0.39, 0.29) is 30.1 Å². The quantitative estimate of drug-likeness (QED) is 0.387. The minimum atomic E-state index is -0.732. The summed E-state index contributed by atoms with van der Waals surface area (Å²) in [6.45, 7) is 5.63. The first kappa shape index (κ1) is 24.5. The molecule has 1 heterocycles. The molecule has 0 radical (unpaired) electrons. The van der Waals surface area contributed by atoms with Crippen LogP contribution in [0.1, 0.15) is 39.5 Å². The molecule has 1 aliphatic heterocycles. The number of piperidine rings is 1. The second kappa shape index (κ2) is 11.1. The summed E-state index contributed by atoms with van der Waals surface area (Å²) in [4.78, 5) is 13.7. The zero-order valence-electron chi connectivity index (χ0n) is 18.4. The number of ether oxygens (including phenoxy) is 1. The van der Waals surface area contributed by atoms with E-state index in [1.165, 1.54) is 30.1 Å². The molecule has 0 bridgehead atoms. The third-order valence-corrected chi connectivity index (χ3v) is 6.62. The average Bonchev–Trinajstić information content (AvgIpc) is 2.74. The molecule has 0 atom stereocenters. The standard InChI is InChI=1S/C24H29F3N2O2S/c1-24(2,11-4-14-31-22-8-7-18(26)16-21(22)27)23(30)28-19-9-12-29(13-10-19)32-20-6-3-5-17(25)15-20/h3,5-8,15-16,19H,4,9-14H2,1-2H3,(H,28,30). The number of nitrogens with one attached hydrogen (secondary N) is 1. The number of hydrogen-bond acceptors (Lipinski definition) is 4. The zero-order chi connectivity index (χ0) is 23.1. The summed E-state index contributed by atoms with van der Waals surface area (Å²) in [6.07, 6.45) is 2.81. The van der Waals surface area contributed by atoms with Crippen molar-refractivity contribution < 1.29 is 22.7 Å². The lowest BCUT2D eigenvalue weighted by molar-refractivity contribution is -0.130. The van der Waals surface area contributed by atoms with Crippen LogP contribution in [0.25, 0.3) is 0 Å². The number of halogens is 3. The Labute approximate surface area is 191 Å². The van der Waals surface area contributed by atoms with E-state index < -0.39 is 17.0 Å². The lowest BCUT2D eigenvalue weighted by Gasteiger charge is -2.33. The number of benzene rings is 2. The molecule has 1 aliphatic rings. The van der Waals surface area contributed by atoms with Crippen molar-refractivity contribution in [3.05, 3.63) is 59.9 Å². The summed E-state index contributed by atoms with van der Waals surface area (Å²) in [5, 5.41) is 3.15. The highest BCUT2D eigenvalue weighted by Gasteiger charge is 2.30. The maximum atomic E-state index is 13.6. The third-order valence-electron chi connectivity index (χ3n) is 5.53. The van der Waals surface area contributed by atoms with Crippen LogP contribution in [0.3, 0.4) is 0 Å². The molecule has 1 saturated heterocycles. The zero-order valence-corrected chi connectivity index (χ0v) is 19.2. The van der Waals surface area contributed by atoms with E-state index in [4.69, 9.17) is 4.74 Å². The van der Waals surface area contributed by atoms with Crippen molar-refractivity contribution in [2.24, 2.45) is 5.41 Å². The van der Waals surface area contributed by atoms with Gasteiger partial charge in [-0.25, -0.2) is 17.5 Å². The Morgan fingerprint density at radius 2 is 1.84 bits per heavy atom. The molecule has 2 aromatic carbocycles. The van der Waals surface area contributed by atoms with Crippen LogP contribution < -0.4 is 10.1 Å². The number of carbonyl (C=O) groups excluding carboxylic acids is 1. The fourth-order valence-corrected chi connectivity index (χ4v) is 4.54. The summed E-state index contributed by atoms with van der Waals surface area (Å²) in [6, 6.07) is 9.85. The molecule has 1 amide bonds. The summed E-state index contributed by atoms with van der Waals surface area (Å²) in [5.41, 5.74) is -0.585. The fraction of sp³-hybridized carbons (Fsp3) is 0.458. The van der Waals surface area contributed by atoms with Crippen molar-refractivity contribution in [3.8, 4) is 5.75 Å². The van der Waals surface area contributed by atoms with Crippen molar-refractivity contribution in [2.45, 2.75) is 50.5 Å². The predicted octanol–water partition coefficient (Wildman–Crippen LogP) is 5.58. The molecule has 1 fully saturated rings. The third kappa shape index (κ3) is 7.17. The first-order valence-corrected chi connectivity index (χ1v) is 11.6. The Morgan fingerprint density at radius 1 is 1.12 bits per heavy atom. The predicted molar refractivity (Wildman–Crippen MR) is 120 cm³/mol. The van der Waals surface area contributed by atoms with E-state index in [1.807, 2.05) is 19.9 Å². The molecule has 0 spiro atoms. The molecular weight excluding hydrogens is 437 g/mol. The average molecular weight is 467 g/mol. The van der Waals surface area contributed by atoms with Crippen LogP contribution in [0.2, 0.25) is 0 Å². The minimum absolute atomic E-state index is 0.0107. The highest BCUT2D eigenvalue weighted by atomic mass is 32.2. The van der Waals surface area contributed by atoms with Gasteiger partial charge >= 0.3 is 0 Å². The van der Waals surface area contributed by atoms with Gasteiger partial charge in [-0.1, -0.05) is 19.9 Å². The Hall–Kier alpha value is -2.19. The normalized spacial score (nSPS) is 15.5. The first-order chi connectivity index (χ1) is 15.2.